The Bertz CT molecular complexity index is 3000. The highest BCUT2D eigenvalue weighted by atomic mass is 32.1. The minimum atomic E-state index is -1.55. The molecule has 9 atom stereocenters. The molecule has 11 rings (SSSR count). The molecule has 69 heavy (non-hydrogen) atoms. The van der Waals surface area contributed by atoms with Crippen molar-refractivity contribution in [3.8, 4) is 27.2 Å². The van der Waals surface area contributed by atoms with Crippen molar-refractivity contribution in [2.24, 2.45) is 11.8 Å². The predicted molar refractivity (Wildman–Crippen MR) is 254 cm³/mol. The van der Waals surface area contributed by atoms with Gasteiger partial charge in [-0.05, 0) is 64.5 Å². The van der Waals surface area contributed by atoms with Crippen molar-refractivity contribution in [2.75, 3.05) is 27.9 Å². The van der Waals surface area contributed by atoms with Crippen molar-refractivity contribution in [2.45, 2.75) is 132 Å². The van der Waals surface area contributed by atoms with Crippen LogP contribution in [0, 0.1) is 37.0 Å². The van der Waals surface area contributed by atoms with E-state index >= 15 is 0 Å². The molecule has 6 heterocycles. The molecule has 0 bridgehead atoms. The Kier molecular flexibility index (Phi) is 12.0. The smallest absolute Gasteiger partial charge is 0.342 e. The summed E-state index contributed by atoms with van der Waals surface area (Å²) in [5, 5.41) is 77.7. The summed E-state index contributed by atoms with van der Waals surface area (Å²) in [7, 11) is 0. The molecule has 23 heteroatoms. The molecule has 0 aromatic carbocycles. The summed E-state index contributed by atoms with van der Waals surface area (Å²) in [5.41, 5.74) is 3.54. The zero-order valence-electron chi connectivity index (χ0n) is 37.7. The van der Waals surface area contributed by atoms with Gasteiger partial charge in [0.15, 0.2) is 6.10 Å². The summed E-state index contributed by atoms with van der Waals surface area (Å²) in [6, 6.07) is 5.21. The van der Waals surface area contributed by atoms with Gasteiger partial charge in [-0.15, -0.1) is 22.7 Å². The number of nitriles is 1. The Morgan fingerprint density at radius 2 is 1.35 bits per heavy atom. The van der Waals surface area contributed by atoms with Gasteiger partial charge < -0.3 is 46.8 Å². The molecule has 9 N–H and O–H groups in total. The molecule has 21 nitrogen and oxygen atoms in total. The number of hydrogen-bond donors (Lipinski definition) is 9. The Morgan fingerprint density at radius 3 is 1.87 bits per heavy atom. The van der Waals surface area contributed by atoms with Crippen LogP contribution in [0.15, 0.2) is 24.5 Å². The van der Waals surface area contributed by atoms with Crippen molar-refractivity contribution in [1.29, 1.82) is 5.26 Å². The lowest BCUT2D eigenvalue weighted by atomic mass is 10.1. The number of hydrogen-bond acceptors (Lipinski definition) is 23. The Labute approximate surface area is 402 Å². The van der Waals surface area contributed by atoms with E-state index in [-0.39, 0.29) is 38.0 Å². The van der Waals surface area contributed by atoms with Crippen LogP contribution in [0.4, 0.5) is 23.5 Å². The van der Waals surface area contributed by atoms with E-state index in [9.17, 15) is 35.6 Å². The number of pyridine rings is 2. The second kappa shape index (κ2) is 18.2. The summed E-state index contributed by atoms with van der Waals surface area (Å²) in [4.78, 5) is 62.9. The average Bonchev–Trinajstić information content (AvgIpc) is 4.26. The molecule has 6 aromatic rings. The van der Waals surface area contributed by atoms with Gasteiger partial charge in [0.05, 0.1) is 80.1 Å². The maximum atomic E-state index is 13.4. The Morgan fingerprint density at radius 1 is 0.783 bits per heavy atom. The topological polar surface area (TPSA) is 312 Å². The van der Waals surface area contributed by atoms with Crippen LogP contribution in [0.3, 0.4) is 0 Å². The molecule has 5 aliphatic carbocycles. The summed E-state index contributed by atoms with van der Waals surface area (Å²) in [6.45, 7) is 3.40. The van der Waals surface area contributed by atoms with Gasteiger partial charge in [-0.2, -0.15) is 20.1 Å². The molecule has 5 saturated carbocycles. The molecular formula is C46H51N13O8S2. The van der Waals surface area contributed by atoms with Crippen LogP contribution in [0.5, 0.6) is 0 Å². The highest BCUT2D eigenvalue weighted by Gasteiger charge is 2.74. The highest BCUT2D eigenvalue weighted by molar-refractivity contribution is 7.22. The molecule has 5 fully saturated rings. The fourth-order valence-corrected chi connectivity index (χ4v) is 11.8. The maximum absolute atomic E-state index is 13.4. The lowest BCUT2D eigenvalue weighted by Gasteiger charge is -2.25. The second-order valence-electron chi connectivity index (χ2n) is 18.8. The van der Waals surface area contributed by atoms with Crippen LogP contribution in [-0.2, 0) is 27.4 Å². The van der Waals surface area contributed by atoms with E-state index in [1.165, 1.54) is 22.7 Å². The summed E-state index contributed by atoms with van der Waals surface area (Å²) < 4.78 is 1.70. The van der Waals surface area contributed by atoms with Gasteiger partial charge in [0.1, 0.15) is 44.4 Å². The number of aromatic nitrogens is 8. The number of thiazole rings is 2. The number of fused-ring (bicyclic) bond motifs is 3. The van der Waals surface area contributed by atoms with Crippen molar-refractivity contribution in [3.63, 3.8) is 0 Å². The summed E-state index contributed by atoms with van der Waals surface area (Å²) in [6.07, 6.45) is 4.34. The van der Waals surface area contributed by atoms with E-state index in [1.54, 1.807) is 12.4 Å². The fraction of sp³-hybridized carbons (Fsp3) is 0.522. The lowest BCUT2D eigenvalue weighted by molar-refractivity contribution is -0.310. The van der Waals surface area contributed by atoms with Crippen LogP contribution < -0.4 is 21.3 Å². The van der Waals surface area contributed by atoms with E-state index in [0.29, 0.717) is 92.1 Å². The van der Waals surface area contributed by atoms with Crippen molar-refractivity contribution < 1.29 is 40.1 Å². The van der Waals surface area contributed by atoms with Crippen molar-refractivity contribution in [1.82, 2.24) is 39.9 Å². The van der Waals surface area contributed by atoms with E-state index < -0.39 is 59.9 Å². The maximum Gasteiger partial charge on any atom is 0.342 e. The number of aryl methyl sites for hydroxylation is 4. The minimum absolute atomic E-state index is 0.135. The number of rotatable bonds is 18. The fourth-order valence-electron chi connectivity index (χ4n) is 9.68. The number of nitrogens with zero attached hydrogens (tertiary/aromatic N) is 9. The predicted octanol–water partition coefficient (Wildman–Crippen LogP) is 3.73. The van der Waals surface area contributed by atoms with Crippen molar-refractivity contribution >= 4 is 72.6 Å². The third-order valence-electron chi connectivity index (χ3n) is 13.8. The molecular weight excluding hydrogens is 927 g/mol. The normalized spacial score (nSPS) is 27.0. The standard InChI is InChI=1S/C46H51N13O8S2/c1-19-32(42-56-34-25(4-3-13-47)48-14-11-29(34)68-42)40(58-44(50-19)52-22-5-6-22)54-27-16-21(18-60)36(62)37(27)67-66-31(61)10-9-26-35-30(12-15-49-26)69-43(57-35)33-20(2)51-45(53-23-7-8-23)59-41(33)55-28-17-24-38(63)46(24,65)39(28)64/h11-12,14-15,21-24,27-28,36-39,60,62-65H,3-10,16-18H2,1-2H3,(H2,50,52,54,58)(H2,51,53,55,59). The van der Waals surface area contributed by atoms with Gasteiger partial charge in [0, 0.05) is 62.2 Å². The molecule has 9 unspecified atom stereocenters. The zero-order chi connectivity index (χ0) is 47.7. The zero-order valence-corrected chi connectivity index (χ0v) is 39.3. The highest BCUT2D eigenvalue weighted by Crippen LogP contribution is 2.56. The number of carbonyl (C=O) groups is 1. The molecule has 5 aliphatic rings. The van der Waals surface area contributed by atoms with E-state index in [2.05, 4.69) is 37.3 Å². The Hall–Kier alpha value is -5.84. The molecule has 360 valence electrons. The van der Waals surface area contributed by atoms with E-state index in [0.717, 1.165) is 40.8 Å². The van der Waals surface area contributed by atoms with Crippen LogP contribution in [0.1, 0.15) is 74.1 Å². The lowest BCUT2D eigenvalue weighted by Crippen LogP contribution is -2.42. The van der Waals surface area contributed by atoms with Gasteiger partial charge >= 0.3 is 5.97 Å². The number of nitrogens with one attached hydrogen (secondary N) is 4. The first-order valence-corrected chi connectivity index (χ1v) is 25.0. The number of aliphatic hydroxyl groups excluding tert-OH is 4. The van der Waals surface area contributed by atoms with E-state index in [4.69, 9.17) is 39.7 Å². The molecule has 6 aromatic heterocycles. The number of carbonyl (C=O) groups excluding carboxylic acids is 1. The SMILES string of the molecule is Cc1nc(NC2CC2)nc(NC2CC(CO)C(O)C2OOC(=O)CCc2nccc3sc(-c4c(C)nc(NC5CC5)nc4NC4CC5C(O)C5(O)C4O)nc23)c1-c1nc2c(CCC#N)nccc2s1. The first kappa shape index (κ1) is 45.6. The molecule has 0 radical (unpaired) electrons. The molecule has 0 aliphatic heterocycles. The van der Waals surface area contributed by atoms with E-state index in [1.807, 2.05) is 26.0 Å². The molecule has 0 amide bonds. The minimum Gasteiger partial charge on any atom is -0.396 e. The Balaban J connectivity index is 0.805. The van der Waals surface area contributed by atoms with Crippen LogP contribution in [0.2, 0.25) is 0 Å². The van der Waals surface area contributed by atoms with Crippen molar-refractivity contribution in [3.05, 3.63) is 47.3 Å². The first-order valence-electron chi connectivity index (χ1n) is 23.3. The largest absolute Gasteiger partial charge is 0.396 e. The summed E-state index contributed by atoms with van der Waals surface area (Å²) in [5.74, 6) is 0.00139. The second-order valence-corrected chi connectivity index (χ2v) is 20.8. The quantitative estimate of drug-likeness (QED) is 0.0438. The van der Waals surface area contributed by atoms with Crippen LogP contribution in [-0.4, -0.2) is 132 Å². The number of anilines is 4. The third-order valence-corrected chi connectivity index (χ3v) is 15.9. The van der Waals surface area contributed by atoms with Crippen LogP contribution >= 0.6 is 22.7 Å². The molecule has 0 spiro atoms. The third kappa shape index (κ3) is 8.77. The average molecular weight is 978 g/mol. The number of aliphatic hydroxyl groups is 5. The van der Waals surface area contributed by atoms with Gasteiger partial charge in [-0.1, -0.05) is 0 Å². The molecule has 0 saturated heterocycles. The monoisotopic (exact) mass is 977 g/mol. The van der Waals surface area contributed by atoms with Gasteiger partial charge in [0.25, 0.3) is 0 Å². The van der Waals surface area contributed by atoms with Crippen LogP contribution in [0.25, 0.3) is 41.6 Å². The van der Waals surface area contributed by atoms with Gasteiger partial charge in [-0.25, -0.2) is 24.7 Å². The first-order chi connectivity index (χ1) is 33.4. The summed E-state index contributed by atoms with van der Waals surface area (Å²) >= 11 is 2.85. The van der Waals surface area contributed by atoms with Gasteiger partial charge in [0.2, 0.25) is 11.9 Å². The van der Waals surface area contributed by atoms with Gasteiger partial charge in [-0.3, -0.25) is 14.9 Å².